The second kappa shape index (κ2) is 5.25. The first-order valence-electron chi connectivity index (χ1n) is 5.07. The van der Waals surface area contributed by atoms with Crippen LogP contribution in [0.4, 0.5) is 0 Å². The van der Waals surface area contributed by atoms with Crippen LogP contribution < -0.4 is 0 Å². The van der Waals surface area contributed by atoms with Gasteiger partial charge in [0.1, 0.15) is 0 Å². The lowest BCUT2D eigenvalue weighted by molar-refractivity contribution is -0.309. The SMILES string of the molecule is O=C(O)c1ccc(C(=O)O)c(C(=O)O)c1CC(O)(O)O. The van der Waals surface area contributed by atoms with E-state index < -0.39 is 52.6 Å². The third-order valence-corrected chi connectivity index (χ3v) is 2.40. The van der Waals surface area contributed by atoms with Crippen LogP contribution in [0.3, 0.4) is 0 Å². The average Bonchev–Trinajstić information content (AvgIpc) is 2.24. The standard InChI is InChI=1S/C11H10O9/c12-8(13)4-1-2-5(9(14)15)7(10(16)17)6(4)3-11(18,19)20/h1-2,18-20H,3H2,(H,12,13)(H,14,15)(H,16,17). The second-order valence-corrected chi connectivity index (χ2v) is 3.88. The van der Waals surface area contributed by atoms with Gasteiger partial charge in [0.05, 0.1) is 23.1 Å². The van der Waals surface area contributed by atoms with Crippen LogP contribution in [0.5, 0.6) is 0 Å². The molecule has 0 radical (unpaired) electrons. The average molecular weight is 286 g/mol. The van der Waals surface area contributed by atoms with Gasteiger partial charge in [-0.3, -0.25) is 0 Å². The molecular formula is C11H10O9. The van der Waals surface area contributed by atoms with Crippen molar-refractivity contribution in [1.82, 2.24) is 0 Å². The van der Waals surface area contributed by atoms with Crippen molar-refractivity contribution >= 4 is 17.9 Å². The molecule has 108 valence electrons. The van der Waals surface area contributed by atoms with Gasteiger partial charge in [0.15, 0.2) is 0 Å². The number of hydrogen-bond acceptors (Lipinski definition) is 6. The first-order valence-corrected chi connectivity index (χ1v) is 5.07. The molecule has 0 aromatic heterocycles. The molecule has 0 amide bonds. The van der Waals surface area contributed by atoms with Gasteiger partial charge < -0.3 is 30.6 Å². The lowest BCUT2D eigenvalue weighted by Crippen LogP contribution is -2.32. The van der Waals surface area contributed by atoms with E-state index in [1.54, 1.807) is 0 Å². The van der Waals surface area contributed by atoms with Crippen molar-refractivity contribution in [2.45, 2.75) is 12.4 Å². The fourth-order valence-corrected chi connectivity index (χ4v) is 1.69. The largest absolute Gasteiger partial charge is 0.478 e. The van der Waals surface area contributed by atoms with Gasteiger partial charge in [-0.25, -0.2) is 14.4 Å². The number of carbonyl (C=O) groups is 3. The fourth-order valence-electron chi connectivity index (χ4n) is 1.69. The molecule has 1 rings (SSSR count). The number of carboxylic acids is 3. The summed E-state index contributed by atoms with van der Waals surface area (Å²) in [4.78, 5) is 33.0. The van der Waals surface area contributed by atoms with Crippen LogP contribution in [0, 0.1) is 0 Å². The molecule has 0 spiro atoms. The van der Waals surface area contributed by atoms with Gasteiger partial charge >= 0.3 is 17.9 Å². The van der Waals surface area contributed by atoms with E-state index in [4.69, 9.17) is 30.6 Å². The van der Waals surface area contributed by atoms with E-state index in [1.807, 2.05) is 0 Å². The molecule has 0 unspecified atom stereocenters. The molecule has 20 heavy (non-hydrogen) atoms. The molecule has 6 N–H and O–H groups in total. The predicted molar refractivity (Wildman–Crippen MR) is 60.4 cm³/mol. The van der Waals surface area contributed by atoms with Crippen molar-refractivity contribution in [3.8, 4) is 0 Å². The van der Waals surface area contributed by atoms with E-state index in [0.717, 1.165) is 12.1 Å². The third kappa shape index (κ3) is 3.29. The molecule has 1 aromatic rings. The van der Waals surface area contributed by atoms with E-state index >= 15 is 0 Å². The van der Waals surface area contributed by atoms with E-state index in [-0.39, 0.29) is 0 Å². The molecule has 0 bridgehead atoms. The zero-order chi connectivity index (χ0) is 15.7. The van der Waals surface area contributed by atoms with E-state index in [9.17, 15) is 14.4 Å². The summed E-state index contributed by atoms with van der Waals surface area (Å²) in [6, 6.07) is 1.58. The second-order valence-electron chi connectivity index (χ2n) is 3.88. The van der Waals surface area contributed by atoms with Gasteiger partial charge in [-0.05, 0) is 17.7 Å². The quantitative estimate of drug-likeness (QED) is 0.369. The first-order chi connectivity index (χ1) is 9.04. The Morgan fingerprint density at radius 3 is 1.65 bits per heavy atom. The number of carboxylic acid groups (broad SMARTS) is 3. The smallest absolute Gasteiger partial charge is 0.336 e. The molecule has 0 heterocycles. The van der Waals surface area contributed by atoms with Gasteiger partial charge in [0, 0.05) is 0 Å². The Morgan fingerprint density at radius 2 is 1.30 bits per heavy atom. The van der Waals surface area contributed by atoms with Crippen LogP contribution in [0.25, 0.3) is 0 Å². The molecule has 1 aromatic carbocycles. The molecule has 9 heteroatoms. The minimum Gasteiger partial charge on any atom is -0.478 e. The van der Waals surface area contributed by atoms with Crippen LogP contribution in [0.15, 0.2) is 12.1 Å². The summed E-state index contributed by atoms with van der Waals surface area (Å²) in [7, 11) is 0. The van der Waals surface area contributed by atoms with Gasteiger partial charge in [0.2, 0.25) is 0 Å². The molecule has 0 saturated carbocycles. The summed E-state index contributed by atoms with van der Waals surface area (Å²) in [6.07, 6.45) is -1.18. The topological polar surface area (TPSA) is 173 Å². The van der Waals surface area contributed by atoms with Crippen molar-refractivity contribution in [2.24, 2.45) is 0 Å². The highest BCUT2D eigenvalue weighted by Crippen LogP contribution is 2.23. The Hall–Kier alpha value is -2.49. The zero-order valence-corrected chi connectivity index (χ0v) is 9.77. The van der Waals surface area contributed by atoms with Gasteiger partial charge in [-0.2, -0.15) is 0 Å². The summed E-state index contributed by atoms with van der Waals surface area (Å²) in [5.74, 6) is -8.40. The fraction of sp³-hybridized carbons (Fsp3) is 0.182. The maximum absolute atomic E-state index is 11.1. The number of aliphatic hydroxyl groups is 3. The minimum atomic E-state index is -3.38. The maximum Gasteiger partial charge on any atom is 0.336 e. The van der Waals surface area contributed by atoms with Crippen molar-refractivity contribution in [1.29, 1.82) is 0 Å². The highest BCUT2D eigenvalue weighted by atomic mass is 16.7. The first kappa shape index (κ1) is 15.6. The normalized spacial score (nSPS) is 11.2. The molecular weight excluding hydrogens is 276 g/mol. The van der Waals surface area contributed by atoms with Crippen LogP contribution in [0.2, 0.25) is 0 Å². The molecule has 0 aliphatic carbocycles. The number of rotatable bonds is 5. The predicted octanol–water partition coefficient (Wildman–Crippen LogP) is -1.05. The van der Waals surface area contributed by atoms with Crippen LogP contribution in [-0.2, 0) is 6.42 Å². The molecule has 0 fully saturated rings. The third-order valence-electron chi connectivity index (χ3n) is 2.40. The lowest BCUT2D eigenvalue weighted by Gasteiger charge is -2.18. The molecule has 0 atom stereocenters. The lowest BCUT2D eigenvalue weighted by atomic mass is 9.92. The van der Waals surface area contributed by atoms with Gasteiger partial charge in [-0.1, -0.05) is 0 Å². The number of aromatic carboxylic acids is 3. The van der Waals surface area contributed by atoms with Crippen LogP contribution in [0.1, 0.15) is 36.6 Å². The summed E-state index contributed by atoms with van der Waals surface area (Å²) in [6.45, 7) is 0. The van der Waals surface area contributed by atoms with Gasteiger partial charge in [-0.15, -0.1) is 0 Å². The summed E-state index contributed by atoms with van der Waals surface area (Å²) in [5, 5.41) is 53.5. The van der Waals surface area contributed by atoms with Crippen molar-refractivity contribution in [2.75, 3.05) is 0 Å². The van der Waals surface area contributed by atoms with Gasteiger partial charge in [0.25, 0.3) is 5.97 Å². The monoisotopic (exact) mass is 286 g/mol. The highest BCUT2D eigenvalue weighted by molar-refractivity contribution is 6.05. The van der Waals surface area contributed by atoms with E-state index in [2.05, 4.69) is 0 Å². The molecule has 0 aliphatic rings. The maximum atomic E-state index is 11.1. The Balaban J connectivity index is 3.70. The summed E-state index contributed by atoms with van der Waals surface area (Å²) >= 11 is 0. The summed E-state index contributed by atoms with van der Waals surface area (Å²) in [5.41, 5.74) is -3.04. The van der Waals surface area contributed by atoms with E-state index in [0.29, 0.717) is 0 Å². The van der Waals surface area contributed by atoms with E-state index in [1.165, 1.54) is 0 Å². The highest BCUT2D eigenvalue weighted by Gasteiger charge is 2.30. The Bertz CT molecular complexity index is 582. The molecule has 0 saturated heterocycles. The molecule has 9 nitrogen and oxygen atoms in total. The van der Waals surface area contributed by atoms with Crippen molar-refractivity contribution in [3.63, 3.8) is 0 Å². The Morgan fingerprint density at radius 1 is 0.850 bits per heavy atom. The van der Waals surface area contributed by atoms with Crippen LogP contribution >= 0.6 is 0 Å². The zero-order valence-electron chi connectivity index (χ0n) is 9.77. The van der Waals surface area contributed by atoms with Crippen molar-refractivity contribution < 1.29 is 45.0 Å². The molecule has 0 aliphatic heterocycles. The van der Waals surface area contributed by atoms with Crippen LogP contribution in [-0.4, -0.2) is 54.5 Å². The number of benzene rings is 1. The number of hydrogen-bond donors (Lipinski definition) is 6. The summed E-state index contributed by atoms with van der Waals surface area (Å²) < 4.78 is 0. The van der Waals surface area contributed by atoms with Crippen molar-refractivity contribution in [3.05, 3.63) is 34.4 Å². The minimum absolute atomic E-state index is 0.658. The Labute approximate surface area is 111 Å². The Kier molecular flexibility index (Phi) is 4.08.